The van der Waals surface area contributed by atoms with Gasteiger partial charge in [-0.3, -0.25) is 4.57 Å². The Bertz CT molecular complexity index is 779. The SMILES string of the molecule is CCn1c(C2CCC2)nnc1N1CCO[C@@H](c2cccc(OC(F)F)c2)C1. The summed E-state index contributed by atoms with van der Waals surface area (Å²) in [5.41, 5.74) is 0.819. The minimum absolute atomic E-state index is 0.146. The fourth-order valence-electron chi connectivity index (χ4n) is 3.74. The van der Waals surface area contributed by atoms with E-state index in [-0.39, 0.29) is 11.9 Å². The Hall–Kier alpha value is -2.22. The molecule has 2 aliphatic rings. The van der Waals surface area contributed by atoms with Crippen molar-refractivity contribution in [3.63, 3.8) is 0 Å². The van der Waals surface area contributed by atoms with Crippen LogP contribution in [-0.4, -0.2) is 41.1 Å². The molecule has 1 aromatic carbocycles. The minimum Gasteiger partial charge on any atom is -0.435 e. The molecule has 27 heavy (non-hydrogen) atoms. The van der Waals surface area contributed by atoms with E-state index in [1.807, 2.05) is 6.07 Å². The van der Waals surface area contributed by atoms with Gasteiger partial charge in [-0.1, -0.05) is 18.6 Å². The largest absolute Gasteiger partial charge is 0.435 e. The number of hydrogen-bond acceptors (Lipinski definition) is 5. The third kappa shape index (κ3) is 3.76. The van der Waals surface area contributed by atoms with Crippen molar-refractivity contribution in [2.24, 2.45) is 0 Å². The normalized spacial score (nSPS) is 20.7. The summed E-state index contributed by atoms with van der Waals surface area (Å²) in [6, 6.07) is 6.72. The molecule has 146 valence electrons. The number of hydrogen-bond donors (Lipinski definition) is 0. The second-order valence-electron chi connectivity index (χ2n) is 6.99. The van der Waals surface area contributed by atoms with Crippen LogP contribution >= 0.6 is 0 Å². The predicted molar refractivity (Wildman–Crippen MR) is 96.3 cm³/mol. The molecule has 1 aromatic heterocycles. The first kappa shape index (κ1) is 18.2. The van der Waals surface area contributed by atoms with Gasteiger partial charge in [0, 0.05) is 19.0 Å². The zero-order chi connectivity index (χ0) is 18.8. The number of alkyl halides is 2. The molecule has 1 saturated carbocycles. The van der Waals surface area contributed by atoms with Crippen LogP contribution in [0.1, 0.15) is 49.6 Å². The second-order valence-corrected chi connectivity index (χ2v) is 6.99. The van der Waals surface area contributed by atoms with Gasteiger partial charge in [0.1, 0.15) is 17.7 Å². The van der Waals surface area contributed by atoms with Gasteiger partial charge in [0.25, 0.3) is 0 Å². The van der Waals surface area contributed by atoms with Crippen molar-refractivity contribution in [2.75, 3.05) is 24.6 Å². The fraction of sp³-hybridized carbons (Fsp3) is 0.579. The van der Waals surface area contributed by atoms with Crippen LogP contribution in [0, 0.1) is 0 Å². The second kappa shape index (κ2) is 7.80. The van der Waals surface area contributed by atoms with Gasteiger partial charge in [-0.2, -0.15) is 8.78 Å². The van der Waals surface area contributed by atoms with Crippen molar-refractivity contribution in [3.05, 3.63) is 35.7 Å². The molecule has 0 unspecified atom stereocenters. The van der Waals surface area contributed by atoms with Gasteiger partial charge >= 0.3 is 6.61 Å². The summed E-state index contributed by atoms with van der Waals surface area (Å²) in [5, 5.41) is 8.91. The Morgan fingerprint density at radius 3 is 2.85 bits per heavy atom. The number of rotatable bonds is 6. The predicted octanol–water partition coefficient (Wildman–Crippen LogP) is 3.74. The van der Waals surface area contributed by atoms with Crippen LogP contribution in [0.2, 0.25) is 0 Å². The number of ether oxygens (including phenoxy) is 2. The topological polar surface area (TPSA) is 52.4 Å². The monoisotopic (exact) mass is 378 g/mol. The molecule has 0 radical (unpaired) electrons. The summed E-state index contributed by atoms with van der Waals surface area (Å²) in [4.78, 5) is 2.17. The first-order valence-corrected chi connectivity index (χ1v) is 9.50. The van der Waals surface area contributed by atoms with Crippen molar-refractivity contribution >= 4 is 5.95 Å². The van der Waals surface area contributed by atoms with Gasteiger partial charge in [-0.05, 0) is 37.5 Å². The molecule has 0 spiro atoms. The van der Waals surface area contributed by atoms with Crippen LogP contribution in [0.5, 0.6) is 5.75 Å². The van der Waals surface area contributed by atoms with Gasteiger partial charge in [-0.15, -0.1) is 10.2 Å². The van der Waals surface area contributed by atoms with Crippen LogP contribution in [0.25, 0.3) is 0 Å². The van der Waals surface area contributed by atoms with Crippen LogP contribution in [0.3, 0.4) is 0 Å². The van der Waals surface area contributed by atoms with Gasteiger partial charge in [0.2, 0.25) is 5.95 Å². The van der Waals surface area contributed by atoms with Gasteiger partial charge < -0.3 is 14.4 Å². The van der Waals surface area contributed by atoms with Crippen molar-refractivity contribution in [1.82, 2.24) is 14.8 Å². The molecule has 1 aliphatic carbocycles. The Labute approximate surface area is 157 Å². The molecule has 0 N–H and O–H groups in total. The minimum atomic E-state index is -2.84. The molecule has 0 bridgehead atoms. The molecule has 6 nitrogen and oxygen atoms in total. The van der Waals surface area contributed by atoms with Crippen molar-refractivity contribution < 1.29 is 18.3 Å². The maximum atomic E-state index is 12.5. The van der Waals surface area contributed by atoms with E-state index in [1.165, 1.54) is 25.3 Å². The number of anilines is 1. The number of morpholine rings is 1. The van der Waals surface area contributed by atoms with E-state index in [1.54, 1.807) is 12.1 Å². The molecular weight excluding hydrogens is 354 g/mol. The number of nitrogens with zero attached hydrogens (tertiary/aromatic N) is 4. The maximum absolute atomic E-state index is 12.5. The summed E-state index contributed by atoms with van der Waals surface area (Å²) in [6.07, 6.45) is 3.39. The quantitative estimate of drug-likeness (QED) is 0.766. The Balaban J connectivity index is 1.52. The Morgan fingerprint density at radius 1 is 1.30 bits per heavy atom. The molecule has 2 aromatic rings. The van der Waals surface area contributed by atoms with E-state index < -0.39 is 6.61 Å². The highest BCUT2D eigenvalue weighted by Crippen LogP contribution is 2.37. The summed E-state index contributed by atoms with van der Waals surface area (Å²) in [5.74, 6) is 2.61. The summed E-state index contributed by atoms with van der Waals surface area (Å²) in [7, 11) is 0. The summed E-state index contributed by atoms with van der Waals surface area (Å²) in [6.45, 7) is 1.97. The standard InChI is InChI=1S/C19H24F2N4O2/c1-2-25-17(13-5-3-6-13)22-23-19(25)24-9-10-26-16(12-24)14-7-4-8-15(11-14)27-18(20)21/h4,7-8,11,13,16,18H,2-3,5-6,9-10,12H2,1H3/t16-/m1/s1. The maximum Gasteiger partial charge on any atom is 0.387 e. The summed E-state index contributed by atoms with van der Waals surface area (Å²) < 4.78 is 37.6. The average molecular weight is 378 g/mol. The van der Waals surface area contributed by atoms with Gasteiger partial charge in [0.15, 0.2) is 0 Å². The molecule has 2 fully saturated rings. The lowest BCUT2D eigenvalue weighted by atomic mass is 9.85. The molecule has 8 heteroatoms. The highest BCUT2D eigenvalue weighted by atomic mass is 19.3. The first-order valence-electron chi connectivity index (χ1n) is 9.50. The van der Waals surface area contributed by atoms with E-state index in [2.05, 4.69) is 31.3 Å². The smallest absolute Gasteiger partial charge is 0.387 e. The lowest BCUT2D eigenvalue weighted by molar-refractivity contribution is -0.0501. The van der Waals surface area contributed by atoms with E-state index in [9.17, 15) is 8.78 Å². The number of benzene rings is 1. The lowest BCUT2D eigenvalue weighted by Gasteiger charge is -2.34. The molecule has 2 heterocycles. The van der Waals surface area contributed by atoms with E-state index in [4.69, 9.17) is 4.74 Å². The van der Waals surface area contributed by atoms with Crippen LogP contribution < -0.4 is 9.64 Å². The Kier molecular flexibility index (Phi) is 5.24. The number of halogens is 2. The molecule has 0 amide bonds. The van der Waals surface area contributed by atoms with Crippen molar-refractivity contribution in [1.29, 1.82) is 0 Å². The van der Waals surface area contributed by atoms with Crippen LogP contribution in [-0.2, 0) is 11.3 Å². The Morgan fingerprint density at radius 2 is 2.15 bits per heavy atom. The third-order valence-electron chi connectivity index (χ3n) is 5.35. The van der Waals surface area contributed by atoms with E-state index in [0.717, 1.165) is 30.4 Å². The lowest BCUT2D eigenvalue weighted by Crippen LogP contribution is -2.40. The van der Waals surface area contributed by atoms with E-state index in [0.29, 0.717) is 19.1 Å². The highest BCUT2D eigenvalue weighted by Gasteiger charge is 2.30. The van der Waals surface area contributed by atoms with Crippen molar-refractivity contribution in [3.8, 4) is 5.75 Å². The molecule has 1 saturated heterocycles. The zero-order valence-electron chi connectivity index (χ0n) is 15.4. The van der Waals surface area contributed by atoms with Gasteiger partial charge in [0.05, 0.1) is 13.2 Å². The first-order chi connectivity index (χ1) is 13.2. The van der Waals surface area contributed by atoms with E-state index >= 15 is 0 Å². The average Bonchev–Trinajstić information content (AvgIpc) is 3.03. The fourth-order valence-corrected chi connectivity index (χ4v) is 3.74. The molecule has 1 aliphatic heterocycles. The van der Waals surface area contributed by atoms with Crippen LogP contribution in [0.15, 0.2) is 24.3 Å². The highest BCUT2D eigenvalue weighted by molar-refractivity contribution is 5.36. The summed E-state index contributed by atoms with van der Waals surface area (Å²) >= 11 is 0. The number of aromatic nitrogens is 3. The molecule has 4 rings (SSSR count). The molecular formula is C19H24F2N4O2. The van der Waals surface area contributed by atoms with Crippen molar-refractivity contribution in [2.45, 2.75) is 51.4 Å². The third-order valence-corrected chi connectivity index (χ3v) is 5.35. The van der Waals surface area contributed by atoms with Gasteiger partial charge in [-0.25, -0.2) is 0 Å². The van der Waals surface area contributed by atoms with Crippen LogP contribution in [0.4, 0.5) is 14.7 Å². The molecule has 1 atom stereocenters. The zero-order valence-corrected chi connectivity index (χ0v) is 15.4.